The van der Waals surface area contributed by atoms with Gasteiger partial charge in [-0.2, -0.15) is 4.31 Å². The number of piperazine rings is 1. The summed E-state index contributed by atoms with van der Waals surface area (Å²) in [5.74, 6) is -1.78. The topological polar surface area (TPSA) is 95.6 Å². The largest absolute Gasteiger partial charge is 0.354 e. The standard InChI is InChI=1S/C17H15ClFN3O4S/c18-12-4-5-15(14(19)9-12)21-17(24)11-2-1-3-13(8-11)27(25,26)22-7-6-20-16(23)10-22/h1-5,8-9H,6-7,10H2,(H,20,23)(H,21,24). The molecule has 0 aromatic heterocycles. The number of hydrogen-bond acceptors (Lipinski definition) is 4. The van der Waals surface area contributed by atoms with Crippen LogP contribution in [0.15, 0.2) is 47.4 Å². The molecule has 2 aromatic rings. The van der Waals surface area contributed by atoms with E-state index in [-0.39, 0.29) is 40.8 Å². The highest BCUT2D eigenvalue weighted by molar-refractivity contribution is 7.89. The normalized spacial score (nSPS) is 15.3. The minimum atomic E-state index is -3.94. The van der Waals surface area contributed by atoms with Gasteiger partial charge in [0.2, 0.25) is 15.9 Å². The Hall–Kier alpha value is -2.49. The van der Waals surface area contributed by atoms with Crippen molar-refractivity contribution >= 4 is 39.1 Å². The number of benzene rings is 2. The molecule has 142 valence electrons. The summed E-state index contributed by atoms with van der Waals surface area (Å²) < 4.78 is 40.3. The summed E-state index contributed by atoms with van der Waals surface area (Å²) in [5, 5.41) is 5.11. The van der Waals surface area contributed by atoms with Crippen LogP contribution in [0.25, 0.3) is 0 Å². The number of rotatable bonds is 4. The monoisotopic (exact) mass is 411 g/mol. The maximum Gasteiger partial charge on any atom is 0.255 e. The van der Waals surface area contributed by atoms with Crippen molar-refractivity contribution in [3.8, 4) is 0 Å². The van der Waals surface area contributed by atoms with Crippen LogP contribution in [-0.4, -0.2) is 44.2 Å². The lowest BCUT2D eigenvalue weighted by atomic mass is 10.2. The summed E-state index contributed by atoms with van der Waals surface area (Å²) in [6, 6.07) is 9.12. The van der Waals surface area contributed by atoms with Gasteiger partial charge in [0.15, 0.2) is 0 Å². The minimum Gasteiger partial charge on any atom is -0.354 e. The number of nitrogens with zero attached hydrogens (tertiary/aromatic N) is 1. The van der Waals surface area contributed by atoms with Crippen molar-refractivity contribution in [2.24, 2.45) is 0 Å². The molecule has 7 nitrogen and oxygen atoms in total. The first-order valence-corrected chi connectivity index (χ1v) is 9.72. The number of anilines is 1. The Bertz CT molecular complexity index is 1010. The molecule has 1 fully saturated rings. The van der Waals surface area contributed by atoms with E-state index < -0.39 is 27.7 Å². The van der Waals surface area contributed by atoms with Gasteiger partial charge in [0, 0.05) is 23.7 Å². The molecular formula is C17H15ClFN3O4S. The molecule has 1 aliphatic heterocycles. The number of carbonyl (C=O) groups is 2. The van der Waals surface area contributed by atoms with E-state index in [0.29, 0.717) is 0 Å². The fourth-order valence-corrected chi connectivity index (χ4v) is 4.15. The molecule has 2 amide bonds. The number of halogens is 2. The van der Waals surface area contributed by atoms with Crippen LogP contribution in [-0.2, 0) is 14.8 Å². The van der Waals surface area contributed by atoms with Gasteiger partial charge < -0.3 is 10.6 Å². The molecule has 0 aliphatic carbocycles. The van der Waals surface area contributed by atoms with E-state index in [1.165, 1.54) is 36.4 Å². The Morgan fingerprint density at radius 1 is 1.22 bits per heavy atom. The average molecular weight is 412 g/mol. The van der Waals surface area contributed by atoms with E-state index in [1.54, 1.807) is 0 Å². The van der Waals surface area contributed by atoms with Crippen molar-refractivity contribution < 1.29 is 22.4 Å². The maximum atomic E-state index is 13.8. The van der Waals surface area contributed by atoms with Crippen LogP contribution in [0.4, 0.5) is 10.1 Å². The predicted molar refractivity (Wildman–Crippen MR) is 97.6 cm³/mol. The van der Waals surface area contributed by atoms with Gasteiger partial charge in [-0.25, -0.2) is 12.8 Å². The average Bonchev–Trinajstić information content (AvgIpc) is 2.64. The number of carbonyl (C=O) groups excluding carboxylic acids is 2. The number of amides is 2. The lowest BCUT2D eigenvalue weighted by molar-refractivity contribution is -0.122. The van der Waals surface area contributed by atoms with Crippen LogP contribution in [0.2, 0.25) is 5.02 Å². The van der Waals surface area contributed by atoms with Gasteiger partial charge in [-0.1, -0.05) is 17.7 Å². The summed E-state index contributed by atoms with van der Waals surface area (Å²) in [5.41, 5.74) is -0.0442. The summed E-state index contributed by atoms with van der Waals surface area (Å²) in [4.78, 5) is 23.7. The highest BCUT2D eigenvalue weighted by Crippen LogP contribution is 2.21. The lowest BCUT2D eigenvalue weighted by Gasteiger charge is -2.26. The second-order valence-corrected chi connectivity index (χ2v) is 8.17. The molecule has 0 radical (unpaired) electrons. The van der Waals surface area contributed by atoms with Crippen molar-refractivity contribution in [1.29, 1.82) is 0 Å². The molecule has 2 N–H and O–H groups in total. The highest BCUT2D eigenvalue weighted by Gasteiger charge is 2.29. The first-order valence-electron chi connectivity index (χ1n) is 7.91. The Balaban J connectivity index is 1.84. The van der Waals surface area contributed by atoms with E-state index in [4.69, 9.17) is 11.6 Å². The van der Waals surface area contributed by atoms with Gasteiger partial charge in [-0.05, 0) is 36.4 Å². The Morgan fingerprint density at radius 2 is 2.00 bits per heavy atom. The minimum absolute atomic E-state index is 0.0342. The van der Waals surface area contributed by atoms with Gasteiger partial charge in [-0.15, -0.1) is 0 Å². The lowest BCUT2D eigenvalue weighted by Crippen LogP contribution is -2.49. The van der Waals surface area contributed by atoms with Gasteiger partial charge in [0.1, 0.15) is 5.82 Å². The molecule has 2 aromatic carbocycles. The molecule has 0 bridgehead atoms. The van der Waals surface area contributed by atoms with Gasteiger partial charge in [-0.3, -0.25) is 9.59 Å². The van der Waals surface area contributed by atoms with Crippen LogP contribution in [0.5, 0.6) is 0 Å². The van der Waals surface area contributed by atoms with E-state index >= 15 is 0 Å². The van der Waals surface area contributed by atoms with Crippen LogP contribution < -0.4 is 10.6 Å². The Kier molecular flexibility index (Phi) is 5.45. The molecule has 1 heterocycles. The fourth-order valence-electron chi connectivity index (χ4n) is 2.55. The number of sulfonamides is 1. The van der Waals surface area contributed by atoms with E-state index in [2.05, 4.69) is 10.6 Å². The molecule has 0 saturated carbocycles. The molecular weight excluding hydrogens is 397 g/mol. The van der Waals surface area contributed by atoms with Gasteiger partial charge in [0.25, 0.3) is 5.91 Å². The Labute approximate surface area is 160 Å². The van der Waals surface area contributed by atoms with Crippen LogP contribution in [0.1, 0.15) is 10.4 Å². The molecule has 0 atom stereocenters. The molecule has 1 saturated heterocycles. The van der Waals surface area contributed by atoms with Gasteiger partial charge >= 0.3 is 0 Å². The van der Waals surface area contributed by atoms with Crippen LogP contribution in [0.3, 0.4) is 0 Å². The van der Waals surface area contributed by atoms with Crippen molar-refractivity contribution in [3.05, 3.63) is 58.9 Å². The Morgan fingerprint density at radius 3 is 2.70 bits per heavy atom. The zero-order valence-corrected chi connectivity index (χ0v) is 15.5. The predicted octanol–water partition coefficient (Wildman–Crippen LogP) is 1.85. The maximum absolute atomic E-state index is 13.8. The van der Waals surface area contributed by atoms with E-state index in [0.717, 1.165) is 10.4 Å². The third-order valence-electron chi connectivity index (χ3n) is 3.92. The van der Waals surface area contributed by atoms with Crippen molar-refractivity contribution in [2.75, 3.05) is 25.0 Å². The van der Waals surface area contributed by atoms with Gasteiger partial charge in [0.05, 0.1) is 17.1 Å². The van der Waals surface area contributed by atoms with Crippen LogP contribution >= 0.6 is 11.6 Å². The van der Waals surface area contributed by atoms with E-state index in [9.17, 15) is 22.4 Å². The molecule has 10 heteroatoms. The molecule has 27 heavy (non-hydrogen) atoms. The fraction of sp³-hybridized carbons (Fsp3) is 0.176. The van der Waals surface area contributed by atoms with E-state index in [1.807, 2.05) is 0 Å². The third kappa shape index (κ3) is 4.26. The first-order chi connectivity index (χ1) is 12.8. The zero-order chi connectivity index (χ0) is 19.6. The second kappa shape index (κ2) is 7.63. The highest BCUT2D eigenvalue weighted by atomic mass is 35.5. The second-order valence-electron chi connectivity index (χ2n) is 5.79. The molecule has 0 spiro atoms. The quantitative estimate of drug-likeness (QED) is 0.802. The zero-order valence-electron chi connectivity index (χ0n) is 13.9. The summed E-state index contributed by atoms with van der Waals surface area (Å²) in [6.45, 7) is 0.0727. The van der Waals surface area contributed by atoms with Crippen molar-refractivity contribution in [2.45, 2.75) is 4.90 Å². The summed E-state index contributed by atoms with van der Waals surface area (Å²) >= 11 is 5.67. The summed E-state index contributed by atoms with van der Waals surface area (Å²) in [7, 11) is -3.94. The van der Waals surface area contributed by atoms with Crippen LogP contribution in [0, 0.1) is 5.82 Å². The number of nitrogens with one attached hydrogen (secondary N) is 2. The molecule has 1 aliphatic rings. The SMILES string of the molecule is O=C1CN(S(=O)(=O)c2cccc(C(=O)Nc3ccc(Cl)cc3F)c2)CCN1. The summed E-state index contributed by atoms with van der Waals surface area (Å²) in [6.07, 6.45) is 0. The van der Waals surface area contributed by atoms with Crippen molar-refractivity contribution in [3.63, 3.8) is 0 Å². The molecule has 3 rings (SSSR count). The third-order valence-corrected chi connectivity index (χ3v) is 5.99. The number of hydrogen-bond donors (Lipinski definition) is 2. The smallest absolute Gasteiger partial charge is 0.255 e. The van der Waals surface area contributed by atoms with Crippen molar-refractivity contribution in [1.82, 2.24) is 9.62 Å². The first kappa shape index (κ1) is 19.3. The molecule has 0 unspecified atom stereocenters.